The van der Waals surface area contributed by atoms with E-state index in [4.69, 9.17) is 0 Å². The molecule has 6 nitrogen and oxygen atoms in total. The molecule has 0 bridgehead atoms. The first-order valence-electron chi connectivity index (χ1n) is 4.01. The zero-order chi connectivity index (χ0) is 9.90. The lowest BCUT2D eigenvalue weighted by molar-refractivity contribution is 0.211. The molecule has 1 saturated carbocycles. The molecular weight excluding hydrogens is 196 g/mol. The number of nitrogens with two attached hydrogens (primary N) is 1. The highest BCUT2D eigenvalue weighted by Crippen LogP contribution is 2.18. The highest BCUT2D eigenvalue weighted by atomic mass is 32.2. The molecular formula is C6H12N2O4S. The van der Waals surface area contributed by atoms with Crippen LogP contribution in [0.25, 0.3) is 0 Å². The summed E-state index contributed by atoms with van der Waals surface area (Å²) in [5.74, 6) is 0. The van der Waals surface area contributed by atoms with Crippen LogP contribution in [0.15, 0.2) is 0 Å². The van der Waals surface area contributed by atoms with Gasteiger partial charge >= 0.3 is 16.4 Å². The molecule has 0 aliphatic heterocycles. The van der Waals surface area contributed by atoms with Gasteiger partial charge in [0.05, 0.1) is 0 Å². The van der Waals surface area contributed by atoms with E-state index in [9.17, 15) is 13.2 Å². The molecule has 1 aliphatic rings. The van der Waals surface area contributed by atoms with Crippen molar-refractivity contribution in [2.24, 2.45) is 5.73 Å². The predicted octanol–water partition coefficient (Wildman–Crippen LogP) is -0.141. The van der Waals surface area contributed by atoms with Gasteiger partial charge < -0.3 is 9.92 Å². The lowest BCUT2D eigenvalue weighted by Gasteiger charge is -2.10. The number of nitrogens with one attached hydrogen (secondary N) is 1. The van der Waals surface area contributed by atoms with Crippen molar-refractivity contribution < 1.29 is 17.4 Å². The molecule has 0 spiro atoms. The van der Waals surface area contributed by atoms with Crippen molar-refractivity contribution in [3.05, 3.63) is 0 Å². The molecule has 0 aromatic rings. The van der Waals surface area contributed by atoms with Crippen molar-refractivity contribution in [2.75, 3.05) is 0 Å². The highest BCUT2D eigenvalue weighted by molar-refractivity contribution is 7.85. The zero-order valence-corrected chi connectivity index (χ0v) is 7.84. The summed E-state index contributed by atoms with van der Waals surface area (Å²) in [7, 11) is -3.99. The molecule has 0 radical (unpaired) electrons. The molecule has 0 aromatic heterocycles. The third kappa shape index (κ3) is 3.60. The number of amides is 1. The van der Waals surface area contributed by atoms with E-state index in [2.05, 4.69) is 14.6 Å². The molecule has 0 unspecified atom stereocenters. The summed E-state index contributed by atoms with van der Waals surface area (Å²) in [4.78, 5) is 10.2. The zero-order valence-electron chi connectivity index (χ0n) is 7.02. The lowest BCUT2D eigenvalue weighted by atomic mass is 10.3. The monoisotopic (exact) mass is 208 g/mol. The largest absolute Gasteiger partial charge is 0.421 e. The average molecular weight is 208 g/mol. The second kappa shape index (κ2) is 3.93. The minimum Gasteiger partial charge on any atom is -0.334 e. The second-order valence-electron chi connectivity index (χ2n) is 2.96. The van der Waals surface area contributed by atoms with Crippen molar-refractivity contribution in [1.82, 2.24) is 4.72 Å². The summed E-state index contributed by atoms with van der Waals surface area (Å²) in [5, 5.41) is 0. The van der Waals surface area contributed by atoms with Crippen molar-refractivity contribution in [1.29, 1.82) is 0 Å². The molecule has 0 atom stereocenters. The quantitative estimate of drug-likeness (QED) is 0.674. The van der Waals surface area contributed by atoms with Crippen molar-refractivity contribution in [3.63, 3.8) is 0 Å². The van der Waals surface area contributed by atoms with Crippen molar-refractivity contribution >= 4 is 16.4 Å². The molecule has 1 rings (SSSR count). The summed E-state index contributed by atoms with van der Waals surface area (Å²) >= 11 is 0. The molecule has 0 heterocycles. The fourth-order valence-corrected chi connectivity index (χ4v) is 2.29. The first kappa shape index (κ1) is 10.3. The number of carbonyl (C=O) groups excluding carboxylic acids is 1. The van der Waals surface area contributed by atoms with Gasteiger partial charge in [-0.25, -0.2) is 4.79 Å². The number of rotatable bonds is 3. The first-order chi connectivity index (χ1) is 5.99. The van der Waals surface area contributed by atoms with Crippen molar-refractivity contribution in [3.8, 4) is 0 Å². The van der Waals surface area contributed by atoms with Gasteiger partial charge in [0.15, 0.2) is 0 Å². The number of hydrogen-bond donors (Lipinski definition) is 2. The molecule has 1 fully saturated rings. The number of carbonyl (C=O) groups is 1. The smallest absolute Gasteiger partial charge is 0.334 e. The Bertz CT molecular complexity index is 281. The predicted molar refractivity (Wildman–Crippen MR) is 45.0 cm³/mol. The van der Waals surface area contributed by atoms with Gasteiger partial charge in [-0.3, -0.25) is 0 Å². The fourth-order valence-electron chi connectivity index (χ4n) is 1.38. The van der Waals surface area contributed by atoms with Crippen molar-refractivity contribution in [2.45, 2.75) is 31.7 Å². The van der Waals surface area contributed by atoms with Crippen LogP contribution in [0.2, 0.25) is 0 Å². The maximum Gasteiger partial charge on any atom is 0.421 e. The van der Waals surface area contributed by atoms with Gasteiger partial charge in [0, 0.05) is 6.04 Å². The summed E-state index contributed by atoms with van der Waals surface area (Å²) in [6.45, 7) is 0. The van der Waals surface area contributed by atoms with Gasteiger partial charge in [-0.05, 0) is 12.8 Å². The van der Waals surface area contributed by atoms with Gasteiger partial charge in [-0.1, -0.05) is 12.8 Å². The average Bonchev–Trinajstić information content (AvgIpc) is 2.34. The maximum absolute atomic E-state index is 11.0. The third-order valence-corrected chi connectivity index (χ3v) is 2.86. The third-order valence-electron chi connectivity index (χ3n) is 1.86. The van der Waals surface area contributed by atoms with E-state index in [1.807, 2.05) is 0 Å². The molecule has 0 aromatic carbocycles. The van der Waals surface area contributed by atoms with Crippen LogP contribution >= 0.6 is 0 Å². The van der Waals surface area contributed by atoms with Crippen LogP contribution in [0.1, 0.15) is 25.7 Å². The first-order valence-corrected chi connectivity index (χ1v) is 5.41. The van der Waals surface area contributed by atoms with E-state index in [-0.39, 0.29) is 6.04 Å². The SMILES string of the molecule is NC(=O)OS(=O)(=O)NC1CCCC1. The van der Waals surface area contributed by atoms with Gasteiger partial charge in [0.2, 0.25) is 0 Å². The van der Waals surface area contributed by atoms with Crippen LogP contribution in [-0.4, -0.2) is 20.6 Å². The Morgan fingerprint density at radius 2 is 1.92 bits per heavy atom. The maximum atomic E-state index is 11.0. The van der Waals surface area contributed by atoms with Gasteiger partial charge in [0.25, 0.3) is 0 Å². The van der Waals surface area contributed by atoms with Gasteiger partial charge in [-0.15, -0.1) is 0 Å². The minimum absolute atomic E-state index is 0.121. The number of primary amides is 1. The fraction of sp³-hybridized carbons (Fsp3) is 0.833. The summed E-state index contributed by atoms with van der Waals surface area (Å²) in [6.07, 6.45) is 2.22. The lowest BCUT2D eigenvalue weighted by Crippen LogP contribution is -2.36. The molecule has 7 heteroatoms. The molecule has 13 heavy (non-hydrogen) atoms. The summed E-state index contributed by atoms with van der Waals surface area (Å²) in [5.41, 5.74) is 4.57. The van der Waals surface area contributed by atoms with E-state index < -0.39 is 16.4 Å². The van der Waals surface area contributed by atoms with E-state index in [1.54, 1.807) is 0 Å². The molecule has 0 saturated heterocycles. The Morgan fingerprint density at radius 3 is 2.38 bits per heavy atom. The topological polar surface area (TPSA) is 98.5 Å². The van der Waals surface area contributed by atoms with Crippen LogP contribution in [0.5, 0.6) is 0 Å². The summed E-state index contributed by atoms with van der Waals surface area (Å²) < 4.78 is 28.1. The Hall–Kier alpha value is -0.820. The van der Waals surface area contributed by atoms with E-state index in [0.717, 1.165) is 25.7 Å². The van der Waals surface area contributed by atoms with E-state index >= 15 is 0 Å². The molecule has 76 valence electrons. The summed E-state index contributed by atoms with van der Waals surface area (Å²) in [6, 6.07) is -0.121. The molecule has 1 amide bonds. The van der Waals surface area contributed by atoms with Crippen LogP contribution in [0.4, 0.5) is 4.79 Å². The Morgan fingerprint density at radius 1 is 1.38 bits per heavy atom. The highest BCUT2D eigenvalue weighted by Gasteiger charge is 2.23. The van der Waals surface area contributed by atoms with Gasteiger partial charge in [0.1, 0.15) is 0 Å². The standard InChI is InChI=1S/C6H12N2O4S/c7-6(9)12-13(10,11)8-5-3-1-2-4-5/h5,8H,1-4H2,(H2,7,9). The van der Waals surface area contributed by atoms with E-state index in [1.165, 1.54) is 0 Å². The Labute approximate surface area is 76.7 Å². The van der Waals surface area contributed by atoms with Crippen LogP contribution in [0.3, 0.4) is 0 Å². The Kier molecular flexibility index (Phi) is 3.10. The molecule has 3 N–H and O–H groups in total. The number of hydrogen-bond acceptors (Lipinski definition) is 4. The van der Waals surface area contributed by atoms with E-state index in [0.29, 0.717) is 0 Å². The normalized spacial score (nSPS) is 18.8. The Balaban J connectivity index is 2.46. The van der Waals surface area contributed by atoms with Crippen LogP contribution in [0, 0.1) is 0 Å². The van der Waals surface area contributed by atoms with Crippen LogP contribution < -0.4 is 10.5 Å². The molecule has 1 aliphatic carbocycles. The van der Waals surface area contributed by atoms with Gasteiger partial charge in [-0.2, -0.15) is 13.1 Å². The second-order valence-corrected chi connectivity index (χ2v) is 4.27. The van der Waals surface area contributed by atoms with Crippen LogP contribution in [-0.2, 0) is 14.5 Å². The minimum atomic E-state index is -3.99.